The van der Waals surface area contributed by atoms with Crippen molar-refractivity contribution >= 4 is 0 Å². The molecule has 1 saturated heterocycles. The predicted molar refractivity (Wildman–Crippen MR) is 62.4 cm³/mol. The molecular weight excluding hydrogens is 204 g/mol. The molecule has 0 spiro atoms. The van der Waals surface area contributed by atoms with E-state index in [9.17, 15) is 5.11 Å². The fourth-order valence-corrected chi connectivity index (χ4v) is 2.81. The molecular formula is C13H24O3. The zero-order valence-corrected chi connectivity index (χ0v) is 10.2. The molecule has 2 fully saturated rings. The summed E-state index contributed by atoms with van der Waals surface area (Å²) in [5.41, 5.74) is 0. The summed E-state index contributed by atoms with van der Waals surface area (Å²) in [6, 6.07) is 0. The number of ether oxygens (including phenoxy) is 2. The Morgan fingerprint density at radius 1 is 1.31 bits per heavy atom. The quantitative estimate of drug-likeness (QED) is 0.804. The number of aliphatic hydroxyl groups is 1. The zero-order chi connectivity index (χ0) is 11.4. The van der Waals surface area contributed by atoms with Crippen molar-refractivity contribution in [1.82, 2.24) is 0 Å². The molecule has 0 amide bonds. The van der Waals surface area contributed by atoms with Crippen LogP contribution in [0.25, 0.3) is 0 Å². The Balaban J connectivity index is 1.79. The Bertz CT molecular complexity index is 207. The molecule has 2 aliphatic rings. The zero-order valence-electron chi connectivity index (χ0n) is 10.2. The second kappa shape index (κ2) is 5.99. The molecule has 3 nitrogen and oxygen atoms in total. The maximum Gasteiger partial charge on any atom is 0.107 e. The summed E-state index contributed by atoms with van der Waals surface area (Å²) in [7, 11) is 0. The second-order valence-electron chi connectivity index (χ2n) is 5.17. The Morgan fingerprint density at radius 3 is 2.94 bits per heavy atom. The van der Waals surface area contributed by atoms with Gasteiger partial charge >= 0.3 is 0 Å². The normalized spacial score (nSPS) is 40.9. The minimum Gasteiger partial charge on any atom is -0.390 e. The first-order valence-corrected chi connectivity index (χ1v) is 6.71. The van der Waals surface area contributed by atoms with E-state index in [2.05, 4.69) is 6.92 Å². The molecule has 0 radical (unpaired) electrons. The summed E-state index contributed by atoms with van der Waals surface area (Å²) in [5, 5.41) is 9.82. The molecule has 4 atom stereocenters. The monoisotopic (exact) mass is 228 g/mol. The predicted octanol–water partition coefficient (Wildman–Crippen LogP) is 2.12. The topological polar surface area (TPSA) is 38.7 Å². The van der Waals surface area contributed by atoms with Crippen LogP contribution in [0.4, 0.5) is 0 Å². The van der Waals surface area contributed by atoms with Gasteiger partial charge in [-0.1, -0.05) is 26.2 Å². The highest BCUT2D eigenvalue weighted by Gasteiger charge is 2.29. The molecule has 0 aromatic rings. The maximum absolute atomic E-state index is 9.82. The van der Waals surface area contributed by atoms with E-state index in [0.29, 0.717) is 25.7 Å². The van der Waals surface area contributed by atoms with Crippen LogP contribution in [0.5, 0.6) is 0 Å². The van der Waals surface area contributed by atoms with Gasteiger partial charge in [0, 0.05) is 6.61 Å². The number of aliphatic hydroxyl groups excluding tert-OH is 1. The molecule has 2 rings (SSSR count). The highest BCUT2D eigenvalue weighted by Crippen LogP contribution is 2.30. The first-order chi connectivity index (χ1) is 7.79. The molecule has 94 valence electrons. The SMILES string of the molecule is CCC1CCCC(OC2COCCC2O)C1. The third kappa shape index (κ3) is 3.19. The van der Waals surface area contributed by atoms with Crippen molar-refractivity contribution in [2.75, 3.05) is 13.2 Å². The standard InChI is InChI=1S/C13H24O3/c1-2-10-4-3-5-11(8-10)16-13-9-15-7-6-12(13)14/h10-14H,2-9H2,1H3. The first-order valence-electron chi connectivity index (χ1n) is 6.71. The molecule has 4 unspecified atom stereocenters. The Labute approximate surface area is 98.1 Å². The van der Waals surface area contributed by atoms with E-state index in [-0.39, 0.29) is 12.2 Å². The van der Waals surface area contributed by atoms with Crippen molar-refractivity contribution in [3.63, 3.8) is 0 Å². The average molecular weight is 228 g/mol. The third-order valence-electron chi connectivity index (χ3n) is 3.95. The third-order valence-corrected chi connectivity index (χ3v) is 3.95. The van der Waals surface area contributed by atoms with E-state index in [4.69, 9.17) is 9.47 Å². The van der Waals surface area contributed by atoms with E-state index in [1.807, 2.05) is 0 Å². The van der Waals surface area contributed by atoms with Gasteiger partial charge in [0.15, 0.2) is 0 Å². The van der Waals surface area contributed by atoms with Gasteiger partial charge in [0.1, 0.15) is 6.10 Å². The molecule has 16 heavy (non-hydrogen) atoms. The van der Waals surface area contributed by atoms with Gasteiger partial charge in [-0.15, -0.1) is 0 Å². The lowest BCUT2D eigenvalue weighted by molar-refractivity contribution is -0.149. The van der Waals surface area contributed by atoms with Crippen LogP contribution >= 0.6 is 0 Å². The summed E-state index contributed by atoms with van der Waals surface area (Å²) in [6.45, 7) is 3.49. The molecule has 0 bridgehead atoms. The molecule has 0 aromatic heterocycles. The van der Waals surface area contributed by atoms with Crippen molar-refractivity contribution in [2.24, 2.45) is 5.92 Å². The lowest BCUT2D eigenvalue weighted by Gasteiger charge is -2.35. The van der Waals surface area contributed by atoms with Crippen LogP contribution in [0.15, 0.2) is 0 Å². The highest BCUT2D eigenvalue weighted by atomic mass is 16.6. The average Bonchev–Trinajstić information content (AvgIpc) is 2.32. The molecule has 3 heteroatoms. The summed E-state index contributed by atoms with van der Waals surface area (Å²) >= 11 is 0. The molecule has 1 saturated carbocycles. The number of rotatable bonds is 3. The van der Waals surface area contributed by atoms with Crippen LogP contribution in [0, 0.1) is 5.92 Å². The largest absolute Gasteiger partial charge is 0.390 e. The van der Waals surface area contributed by atoms with Crippen LogP contribution in [0.3, 0.4) is 0 Å². The fraction of sp³-hybridized carbons (Fsp3) is 1.00. The van der Waals surface area contributed by atoms with Gasteiger partial charge in [0.05, 0.1) is 18.8 Å². The Hall–Kier alpha value is -0.120. The molecule has 1 aliphatic carbocycles. The van der Waals surface area contributed by atoms with Crippen molar-refractivity contribution in [3.8, 4) is 0 Å². The smallest absolute Gasteiger partial charge is 0.107 e. The van der Waals surface area contributed by atoms with E-state index in [0.717, 1.165) is 12.3 Å². The minimum atomic E-state index is -0.323. The van der Waals surface area contributed by atoms with Gasteiger partial charge in [-0.25, -0.2) is 0 Å². The number of hydrogen-bond donors (Lipinski definition) is 1. The Morgan fingerprint density at radius 2 is 2.19 bits per heavy atom. The minimum absolute atomic E-state index is 0.0886. The van der Waals surface area contributed by atoms with Crippen molar-refractivity contribution in [3.05, 3.63) is 0 Å². The molecule has 1 N–H and O–H groups in total. The van der Waals surface area contributed by atoms with Gasteiger partial charge in [-0.2, -0.15) is 0 Å². The molecule has 0 aromatic carbocycles. The van der Waals surface area contributed by atoms with Crippen molar-refractivity contribution in [1.29, 1.82) is 0 Å². The Kier molecular flexibility index (Phi) is 4.62. The van der Waals surface area contributed by atoms with E-state index in [1.165, 1.54) is 25.7 Å². The van der Waals surface area contributed by atoms with E-state index in [1.54, 1.807) is 0 Å². The maximum atomic E-state index is 9.82. The van der Waals surface area contributed by atoms with Gasteiger partial charge < -0.3 is 14.6 Å². The van der Waals surface area contributed by atoms with Gasteiger partial charge in [0.2, 0.25) is 0 Å². The lowest BCUT2D eigenvalue weighted by Crippen LogP contribution is -2.42. The van der Waals surface area contributed by atoms with Crippen LogP contribution in [0.2, 0.25) is 0 Å². The van der Waals surface area contributed by atoms with Gasteiger partial charge in [0.25, 0.3) is 0 Å². The summed E-state index contributed by atoms with van der Waals surface area (Å²) in [6.07, 6.45) is 6.84. The number of hydrogen-bond acceptors (Lipinski definition) is 3. The van der Waals surface area contributed by atoms with E-state index >= 15 is 0 Å². The van der Waals surface area contributed by atoms with Gasteiger partial charge in [-0.3, -0.25) is 0 Å². The lowest BCUT2D eigenvalue weighted by atomic mass is 9.85. The fourth-order valence-electron chi connectivity index (χ4n) is 2.81. The van der Waals surface area contributed by atoms with Crippen molar-refractivity contribution < 1.29 is 14.6 Å². The molecule has 1 heterocycles. The van der Waals surface area contributed by atoms with Crippen LogP contribution in [0.1, 0.15) is 45.4 Å². The van der Waals surface area contributed by atoms with E-state index < -0.39 is 0 Å². The first kappa shape index (κ1) is 12.3. The van der Waals surface area contributed by atoms with Crippen LogP contribution in [-0.4, -0.2) is 36.6 Å². The summed E-state index contributed by atoms with van der Waals surface area (Å²) in [4.78, 5) is 0. The highest BCUT2D eigenvalue weighted by molar-refractivity contribution is 4.78. The second-order valence-corrected chi connectivity index (χ2v) is 5.17. The van der Waals surface area contributed by atoms with Gasteiger partial charge in [-0.05, 0) is 25.2 Å². The summed E-state index contributed by atoms with van der Waals surface area (Å²) < 4.78 is 11.4. The molecule has 1 aliphatic heterocycles. The van der Waals surface area contributed by atoms with Crippen LogP contribution < -0.4 is 0 Å². The van der Waals surface area contributed by atoms with Crippen LogP contribution in [-0.2, 0) is 9.47 Å². The summed E-state index contributed by atoms with van der Waals surface area (Å²) in [5.74, 6) is 0.820. The van der Waals surface area contributed by atoms with Crippen molar-refractivity contribution in [2.45, 2.75) is 63.8 Å².